The summed E-state index contributed by atoms with van der Waals surface area (Å²) in [5, 5.41) is 0. The van der Waals surface area contributed by atoms with E-state index in [-0.39, 0.29) is 0 Å². The average molecular weight is 376 g/mol. The molecule has 0 atom stereocenters. The van der Waals surface area contributed by atoms with Crippen molar-refractivity contribution in [2.24, 2.45) is 20.0 Å². The molecule has 0 aromatic heterocycles. The van der Waals surface area contributed by atoms with Crippen LogP contribution < -0.4 is 0 Å². The van der Waals surface area contributed by atoms with Crippen molar-refractivity contribution in [3.05, 3.63) is 46.5 Å². The Balaban J connectivity index is 0.000000280. The second kappa shape index (κ2) is 10.8. The van der Waals surface area contributed by atoms with Crippen molar-refractivity contribution in [2.45, 2.75) is 27.7 Å². The Hall–Kier alpha value is -4.04. The number of benzene rings is 2. The van der Waals surface area contributed by atoms with E-state index >= 15 is 0 Å². The summed E-state index contributed by atoms with van der Waals surface area (Å²) < 4.78 is 0. The Morgan fingerprint density at radius 1 is 0.607 bits per heavy atom. The predicted octanol–water partition coefficient (Wildman–Crippen LogP) is 4.48. The molecule has 28 heavy (non-hydrogen) atoms. The van der Waals surface area contributed by atoms with Crippen LogP contribution in [0.4, 0.5) is 22.7 Å². The minimum absolute atomic E-state index is 0.442. The second-order valence-electron chi connectivity index (χ2n) is 5.59. The van der Waals surface area contributed by atoms with Crippen LogP contribution in [0.1, 0.15) is 22.3 Å². The first-order valence-corrected chi connectivity index (χ1v) is 7.92. The van der Waals surface area contributed by atoms with E-state index in [1.165, 1.54) is 30.4 Å². The molecule has 140 valence electrons. The highest BCUT2D eigenvalue weighted by atomic mass is 16.1. The lowest BCUT2D eigenvalue weighted by Gasteiger charge is -2.04. The summed E-state index contributed by atoms with van der Waals surface area (Å²) >= 11 is 0. The summed E-state index contributed by atoms with van der Waals surface area (Å²) in [5.74, 6) is 0. The molecule has 2 rings (SSSR count). The third-order valence-corrected chi connectivity index (χ3v) is 3.89. The molecule has 0 heterocycles. The molecule has 0 N–H and O–H groups in total. The van der Waals surface area contributed by atoms with Crippen LogP contribution in [0.3, 0.4) is 0 Å². The lowest BCUT2D eigenvalue weighted by Crippen LogP contribution is -1.81. The zero-order valence-electron chi connectivity index (χ0n) is 15.7. The van der Waals surface area contributed by atoms with Gasteiger partial charge in [-0.05, 0) is 62.6 Å². The standard InChI is InChI=1S/2C10H8N2O2/c1-7-3-9(11-5-13)4-10(8(7)2)12-6-14;1-7-3-4-9(11-5-13)8(2)10(7)12-6-14/h2*3-4H,1-2H3. The molecule has 0 aliphatic heterocycles. The molecule has 0 bridgehead atoms. The van der Waals surface area contributed by atoms with E-state index in [0.717, 1.165) is 16.7 Å². The first-order valence-electron chi connectivity index (χ1n) is 7.92. The van der Waals surface area contributed by atoms with Gasteiger partial charge in [0.25, 0.3) is 0 Å². The third-order valence-electron chi connectivity index (χ3n) is 3.89. The minimum atomic E-state index is 0.442. The van der Waals surface area contributed by atoms with Gasteiger partial charge in [-0.15, -0.1) is 0 Å². The molecule has 2 aromatic carbocycles. The number of rotatable bonds is 4. The number of aliphatic imine (C=N–C) groups is 4. The van der Waals surface area contributed by atoms with Gasteiger partial charge in [-0.1, -0.05) is 6.07 Å². The van der Waals surface area contributed by atoms with Gasteiger partial charge in [0.05, 0.1) is 22.7 Å². The lowest BCUT2D eigenvalue weighted by atomic mass is 10.1. The highest BCUT2D eigenvalue weighted by Crippen LogP contribution is 2.31. The molecule has 0 radical (unpaired) electrons. The molecule has 0 amide bonds. The molecular formula is C20H16N4O4. The maximum Gasteiger partial charge on any atom is 0.240 e. The number of nitrogens with zero attached hydrogens (tertiary/aromatic N) is 4. The van der Waals surface area contributed by atoms with E-state index in [4.69, 9.17) is 0 Å². The number of hydrogen-bond donors (Lipinski definition) is 0. The molecule has 0 unspecified atom stereocenters. The Morgan fingerprint density at radius 3 is 1.75 bits per heavy atom. The Bertz CT molecular complexity index is 1080. The van der Waals surface area contributed by atoms with Crippen molar-refractivity contribution in [1.29, 1.82) is 0 Å². The summed E-state index contributed by atoms with van der Waals surface area (Å²) in [6, 6.07) is 6.68. The molecule has 0 aliphatic rings. The summed E-state index contributed by atoms with van der Waals surface area (Å²) in [6.45, 7) is 7.24. The molecule has 8 heteroatoms. The maximum absolute atomic E-state index is 10.1. The maximum atomic E-state index is 10.1. The monoisotopic (exact) mass is 376 g/mol. The zero-order chi connectivity index (χ0) is 21.1. The fourth-order valence-corrected chi connectivity index (χ4v) is 2.32. The summed E-state index contributed by atoms with van der Waals surface area (Å²) in [4.78, 5) is 54.4. The average Bonchev–Trinajstić information content (AvgIpc) is 2.66. The molecule has 8 nitrogen and oxygen atoms in total. The van der Waals surface area contributed by atoms with E-state index in [2.05, 4.69) is 20.0 Å². The van der Waals surface area contributed by atoms with Crippen molar-refractivity contribution in [2.75, 3.05) is 0 Å². The van der Waals surface area contributed by atoms with Gasteiger partial charge in [0.15, 0.2) is 0 Å². The normalized spacial score (nSPS) is 8.71. The summed E-state index contributed by atoms with van der Waals surface area (Å²) in [5.41, 5.74) is 5.21. The summed E-state index contributed by atoms with van der Waals surface area (Å²) in [7, 11) is 0. The summed E-state index contributed by atoms with van der Waals surface area (Å²) in [6.07, 6.45) is 5.81. The van der Waals surface area contributed by atoms with E-state index in [9.17, 15) is 19.2 Å². The van der Waals surface area contributed by atoms with Crippen LogP contribution >= 0.6 is 0 Å². The van der Waals surface area contributed by atoms with Crippen molar-refractivity contribution in [3.63, 3.8) is 0 Å². The van der Waals surface area contributed by atoms with E-state index in [1.54, 1.807) is 25.1 Å². The van der Waals surface area contributed by atoms with Crippen LogP contribution in [0.5, 0.6) is 0 Å². The molecule has 0 saturated carbocycles. The van der Waals surface area contributed by atoms with E-state index in [1.807, 2.05) is 20.8 Å². The van der Waals surface area contributed by atoms with Gasteiger partial charge in [-0.2, -0.15) is 20.0 Å². The third kappa shape index (κ3) is 5.75. The predicted molar refractivity (Wildman–Crippen MR) is 103 cm³/mol. The highest BCUT2D eigenvalue weighted by Gasteiger charge is 2.05. The molecule has 0 spiro atoms. The van der Waals surface area contributed by atoms with Crippen molar-refractivity contribution in [1.82, 2.24) is 0 Å². The quantitative estimate of drug-likeness (QED) is 0.577. The van der Waals surface area contributed by atoms with Gasteiger partial charge in [-0.25, -0.2) is 19.2 Å². The van der Waals surface area contributed by atoms with Gasteiger partial charge < -0.3 is 0 Å². The van der Waals surface area contributed by atoms with E-state index in [0.29, 0.717) is 28.3 Å². The van der Waals surface area contributed by atoms with Gasteiger partial charge >= 0.3 is 0 Å². The van der Waals surface area contributed by atoms with Gasteiger partial charge in [0.2, 0.25) is 24.3 Å². The minimum Gasteiger partial charge on any atom is -0.211 e. The van der Waals surface area contributed by atoms with Crippen LogP contribution in [0, 0.1) is 27.7 Å². The number of isocyanates is 4. The smallest absolute Gasteiger partial charge is 0.211 e. The van der Waals surface area contributed by atoms with Crippen LogP contribution in [0.2, 0.25) is 0 Å². The fraction of sp³-hybridized carbons (Fsp3) is 0.200. The van der Waals surface area contributed by atoms with Crippen molar-refractivity contribution < 1.29 is 19.2 Å². The molecule has 0 aliphatic carbocycles. The SMILES string of the molecule is Cc1cc(N=C=O)cc(N=C=O)c1C.Cc1ccc(N=C=O)c(C)c1N=C=O. The van der Waals surface area contributed by atoms with Crippen LogP contribution in [-0.2, 0) is 19.2 Å². The molecule has 0 saturated heterocycles. The highest BCUT2D eigenvalue weighted by molar-refractivity contribution is 5.68. The Kier molecular flexibility index (Phi) is 8.52. The molecule has 2 aromatic rings. The zero-order valence-corrected chi connectivity index (χ0v) is 15.7. The number of hydrogen-bond acceptors (Lipinski definition) is 8. The van der Waals surface area contributed by atoms with Gasteiger partial charge in [0.1, 0.15) is 0 Å². The van der Waals surface area contributed by atoms with Crippen molar-refractivity contribution in [3.8, 4) is 0 Å². The van der Waals surface area contributed by atoms with E-state index < -0.39 is 0 Å². The fourth-order valence-electron chi connectivity index (χ4n) is 2.32. The largest absolute Gasteiger partial charge is 0.240 e. The number of aryl methyl sites for hydroxylation is 2. The second-order valence-corrected chi connectivity index (χ2v) is 5.59. The Morgan fingerprint density at radius 2 is 1.18 bits per heavy atom. The first kappa shape index (κ1) is 22.0. The van der Waals surface area contributed by atoms with Gasteiger partial charge in [-0.3, -0.25) is 0 Å². The van der Waals surface area contributed by atoms with Gasteiger partial charge in [0, 0.05) is 5.56 Å². The van der Waals surface area contributed by atoms with Crippen molar-refractivity contribution >= 4 is 47.1 Å². The van der Waals surface area contributed by atoms with Crippen LogP contribution in [0.15, 0.2) is 44.2 Å². The number of carbonyl (C=O) groups excluding carboxylic acids is 4. The topological polar surface area (TPSA) is 118 Å². The lowest BCUT2D eigenvalue weighted by molar-refractivity contribution is 0.564. The van der Waals surface area contributed by atoms with Crippen LogP contribution in [-0.4, -0.2) is 24.3 Å². The molecule has 0 fully saturated rings. The van der Waals surface area contributed by atoms with Crippen LogP contribution in [0.25, 0.3) is 0 Å². The molecular weight excluding hydrogens is 360 g/mol. The first-order chi connectivity index (χ1) is 13.4. The Labute approximate surface area is 161 Å².